The van der Waals surface area contributed by atoms with Crippen LogP contribution in [0.25, 0.3) is 0 Å². The molecule has 1 fully saturated rings. The number of sulfonamides is 1. The van der Waals surface area contributed by atoms with Gasteiger partial charge in [-0.2, -0.15) is 4.31 Å². The Morgan fingerprint density at radius 1 is 1.33 bits per heavy atom. The standard InChI is InChI=1S/C13H16F2N2O3S/c1-21(19,20)17-7-3-2-4-12(17)13(18)16-11-6-5-9(14)8-10(11)15/h5-6,8,12H,2-4,7H2,1H3,(H,16,18). The van der Waals surface area contributed by atoms with Crippen LogP contribution in [0.2, 0.25) is 0 Å². The monoisotopic (exact) mass is 318 g/mol. The minimum atomic E-state index is -3.51. The number of hydrogen-bond acceptors (Lipinski definition) is 3. The number of anilines is 1. The Bertz CT molecular complexity index is 649. The third kappa shape index (κ3) is 3.76. The molecule has 0 aromatic heterocycles. The molecule has 1 aliphatic heterocycles. The van der Waals surface area contributed by atoms with Crippen LogP contribution in [-0.2, 0) is 14.8 Å². The highest BCUT2D eigenvalue weighted by molar-refractivity contribution is 7.88. The highest BCUT2D eigenvalue weighted by atomic mass is 32.2. The van der Waals surface area contributed by atoms with Crippen LogP contribution in [0.1, 0.15) is 19.3 Å². The molecule has 0 aliphatic carbocycles. The molecule has 0 radical (unpaired) electrons. The van der Waals surface area contributed by atoms with Gasteiger partial charge in [0.15, 0.2) is 0 Å². The number of rotatable bonds is 3. The largest absolute Gasteiger partial charge is 0.322 e. The normalized spacial score (nSPS) is 20.2. The predicted molar refractivity (Wildman–Crippen MR) is 74.2 cm³/mol. The molecule has 116 valence electrons. The van der Waals surface area contributed by atoms with Gasteiger partial charge in [0.05, 0.1) is 11.9 Å². The Kier molecular flexibility index (Phi) is 4.58. The second kappa shape index (κ2) is 6.07. The average molecular weight is 318 g/mol. The van der Waals surface area contributed by atoms with Gasteiger partial charge >= 0.3 is 0 Å². The second-order valence-corrected chi connectivity index (χ2v) is 6.93. The lowest BCUT2D eigenvalue weighted by Crippen LogP contribution is -2.49. The number of carbonyl (C=O) groups is 1. The van der Waals surface area contributed by atoms with E-state index in [1.807, 2.05) is 0 Å². The highest BCUT2D eigenvalue weighted by Crippen LogP contribution is 2.22. The zero-order valence-electron chi connectivity index (χ0n) is 11.5. The van der Waals surface area contributed by atoms with Gasteiger partial charge in [0.25, 0.3) is 0 Å². The molecule has 8 heteroatoms. The molecule has 1 aromatic rings. The number of carbonyl (C=O) groups excluding carboxylic acids is 1. The van der Waals surface area contributed by atoms with E-state index in [2.05, 4.69) is 5.32 Å². The van der Waals surface area contributed by atoms with E-state index < -0.39 is 33.6 Å². The summed E-state index contributed by atoms with van der Waals surface area (Å²) in [5.74, 6) is -2.25. The average Bonchev–Trinajstić information content (AvgIpc) is 2.41. The van der Waals surface area contributed by atoms with Gasteiger partial charge < -0.3 is 5.32 Å². The first-order valence-corrected chi connectivity index (χ1v) is 8.36. The fourth-order valence-electron chi connectivity index (χ4n) is 2.37. The molecule has 1 amide bonds. The van der Waals surface area contributed by atoms with E-state index in [0.29, 0.717) is 18.9 Å². The molecule has 2 rings (SSSR count). The van der Waals surface area contributed by atoms with Crippen molar-refractivity contribution in [1.82, 2.24) is 4.31 Å². The maximum atomic E-state index is 13.5. The van der Waals surface area contributed by atoms with Gasteiger partial charge in [-0.05, 0) is 25.0 Å². The number of amides is 1. The predicted octanol–water partition coefficient (Wildman–Crippen LogP) is 1.72. The number of nitrogens with one attached hydrogen (secondary N) is 1. The van der Waals surface area contributed by atoms with Gasteiger partial charge in [-0.25, -0.2) is 17.2 Å². The van der Waals surface area contributed by atoms with Gasteiger partial charge in [0, 0.05) is 12.6 Å². The van der Waals surface area contributed by atoms with Crippen LogP contribution < -0.4 is 5.32 Å². The van der Waals surface area contributed by atoms with Crippen LogP contribution in [0.3, 0.4) is 0 Å². The van der Waals surface area contributed by atoms with Crippen LogP contribution in [0.5, 0.6) is 0 Å². The molecular weight excluding hydrogens is 302 g/mol. The first-order valence-electron chi connectivity index (χ1n) is 6.52. The van der Waals surface area contributed by atoms with Gasteiger partial charge in [-0.15, -0.1) is 0 Å². The van der Waals surface area contributed by atoms with E-state index in [1.165, 1.54) is 0 Å². The molecule has 1 N–H and O–H groups in total. The number of benzene rings is 1. The van der Waals surface area contributed by atoms with Crippen molar-refractivity contribution >= 4 is 21.6 Å². The summed E-state index contributed by atoms with van der Waals surface area (Å²) in [6.07, 6.45) is 2.82. The fourth-order valence-corrected chi connectivity index (χ4v) is 3.50. The lowest BCUT2D eigenvalue weighted by Gasteiger charge is -2.32. The van der Waals surface area contributed by atoms with Gasteiger partial charge in [-0.1, -0.05) is 6.42 Å². The van der Waals surface area contributed by atoms with E-state index in [4.69, 9.17) is 0 Å². The molecule has 5 nitrogen and oxygen atoms in total. The molecule has 1 heterocycles. The summed E-state index contributed by atoms with van der Waals surface area (Å²) in [4.78, 5) is 12.2. The summed E-state index contributed by atoms with van der Waals surface area (Å²) < 4.78 is 50.8. The highest BCUT2D eigenvalue weighted by Gasteiger charge is 2.34. The molecule has 1 aromatic carbocycles. The number of hydrogen-bond donors (Lipinski definition) is 1. The minimum absolute atomic E-state index is 0.166. The van der Waals surface area contributed by atoms with Crippen LogP contribution in [0.15, 0.2) is 18.2 Å². The van der Waals surface area contributed by atoms with Crippen molar-refractivity contribution in [1.29, 1.82) is 0 Å². The van der Waals surface area contributed by atoms with Crippen molar-refractivity contribution < 1.29 is 22.0 Å². The Morgan fingerprint density at radius 3 is 2.67 bits per heavy atom. The lowest BCUT2D eigenvalue weighted by molar-refractivity contribution is -0.120. The third-order valence-electron chi connectivity index (χ3n) is 3.37. The Hall–Kier alpha value is -1.54. The van der Waals surface area contributed by atoms with Crippen molar-refractivity contribution in [2.75, 3.05) is 18.1 Å². The van der Waals surface area contributed by atoms with Crippen LogP contribution in [0.4, 0.5) is 14.5 Å². The maximum absolute atomic E-state index is 13.5. The molecule has 0 spiro atoms. The van der Waals surface area contributed by atoms with Crippen molar-refractivity contribution in [2.24, 2.45) is 0 Å². The second-order valence-electron chi connectivity index (χ2n) is 5.00. The summed E-state index contributed by atoms with van der Waals surface area (Å²) in [5.41, 5.74) is -0.166. The van der Waals surface area contributed by atoms with Crippen molar-refractivity contribution in [3.05, 3.63) is 29.8 Å². The minimum Gasteiger partial charge on any atom is -0.322 e. The Labute approximate surface area is 122 Å². The van der Waals surface area contributed by atoms with Gasteiger partial charge in [-0.3, -0.25) is 4.79 Å². The van der Waals surface area contributed by atoms with Crippen LogP contribution in [-0.4, -0.2) is 37.5 Å². The smallest absolute Gasteiger partial charge is 0.242 e. The van der Waals surface area contributed by atoms with Crippen molar-refractivity contribution in [3.63, 3.8) is 0 Å². The van der Waals surface area contributed by atoms with Crippen molar-refractivity contribution in [2.45, 2.75) is 25.3 Å². The number of halogens is 2. The quantitative estimate of drug-likeness (QED) is 0.923. The molecule has 1 saturated heterocycles. The third-order valence-corrected chi connectivity index (χ3v) is 4.66. The van der Waals surface area contributed by atoms with E-state index in [9.17, 15) is 22.0 Å². The molecule has 1 aliphatic rings. The van der Waals surface area contributed by atoms with E-state index in [1.54, 1.807) is 0 Å². The number of piperidine rings is 1. The molecular formula is C13H16F2N2O3S. The van der Waals surface area contributed by atoms with E-state index >= 15 is 0 Å². The molecule has 0 bridgehead atoms. The first-order chi connectivity index (χ1) is 9.79. The summed E-state index contributed by atoms with van der Waals surface area (Å²) in [6.45, 7) is 0.267. The Balaban J connectivity index is 2.18. The topological polar surface area (TPSA) is 66.5 Å². The zero-order valence-corrected chi connectivity index (χ0v) is 12.3. The summed E-state index contributed by atoms with van der Waals surface area (Å²) in [5, 5.41) is 2.32. The fraction of sp³-hybridized carbons (Fsp3) is 0.462. The molecule has 1 atom stereocenters. The summed E-state index contributed by atoms with van der Waals surface area (Å²) in [7, 11) is -3.51. The molecule has 0 saturated carbocycles. The van der Waals surface area contributed by atoms with E-state index in [0.717, 1.165) is 29.1 Å². The van der Waals surface area contributed by atoms with Gasteiger partial charge in [0.2, 0.25) is 15.9 Å². The van der Waals surface area contributed by atoms with Crippen LogP contribution >= 0.6 is 0 Å². The van der Waals surface area contributed by atoms with E-state index in [-0.39, 0.29) is 12.2 Å². The maximum Gasteiger partial charge on any atom is 0.242 e. The Morgan fingerprint density at radius 2 is 2.05 bits per heavy atom. The first kappa shape index (κ1) is 15.8. The SMILES string of the molecule is CS(=O)(=O)N1CCCCC1C(=O)Nc1ccc(F)cc1F. The molecule has 21 heavy (non-hydrogen) atoms. The molecule has 1 unspecified atom stereocenters. The lowest BCUT2D eigenvalue weighted by atomic mass is 10.0. The van der Waals surface area contributed by atoms with Gasteiger partial charge in [0.1, 0.15) is 17.7 Å². The summed E-state index contributed by atoms with van der Waals surface area (Å²) in [6, 6.07) is 1.92. The number of nitrogens with zero attached hydrogens (tertiary/aromatic N) is 1. The van der Waals surface area contributed by atoms with Crippen LogP contribution in [0, 0.1) is 11.6 Å². The summed E-state index contributed by atoms with van der Waals surface area (Å²) >= 11 is 0. The van der Waals surface area contributed by atoms with Crippen molar-refractivity contribution in [3.8, 4) is 0 Å². The zero-order chi connectivity index (χ0) is 15.6.